The SMILES string of the molecule is CCOC1CC(c2ccc(CC(=O)Nc3cc(-c4cnn(C)c4)cc(C(F)(F)F)c3)c(F)c2)CNC1=O. The monoisotopic (exact) mass is 518 g/mol. The normalized spacial score (nSPS) is 17.9. The van der Waals surface area contributed by atoms with Crippen molar-refractivity contribution in [2.75, 3.05) is 18.5 Å². The molecule has 0 aliphatic carbocycles. The van der Waals surface area contributed by atoms with Gasteiger partial charge in [-0.1, -0.05) is 12.1 Å². The number of piperidine rings is 1. The molecule has 2 N–H and O–H groups in total. The maximum atomic E-state index is 14.9. The van der Waals surface area contributed by atoms with Crippen molar-refractivity contribution in [3.05, 3.63) is 71.3 Å². The number of hydrogen-bond donors (Lipinski definition) is 2. The molecular formula is C26H26F4N4O3. The van der Waals surface area contributed by atoms with Crippen LogP contribution in [0.5, 0.6) is 0 Å². The van der Waals surface area contributed by atoms with Crippen molar-refractivity contribution in [3.8, 4) is 11.1 Å². The van der Waals surface area contributed by atoms with Gasteiger partial charge in [-0.05, 0) is 54.3 Å². The fourth-order valence-electron chi connectivity index (χ4n) is 4.32. The van der Waals surface area contributed by atoms with E-state index in [-0.39, 0.29) is 35.1 Å². The molecule has 0 radical (unpaired) electrons. The number of carbonyl (C=O) groups is 2. The molecule has 7 nitrogen and oxygen atoms in total. The second-order valence-electron chi connectivity index (χ2n) is 8.90. The number of carbonyl (C=O) groups excluding carboxylic acids is 2. The second kappa shape index (κ2) is 10.7. The summed E-state index contributed by atoms with van der Waals surface area (Å²) in [4.78, 5) is 24.6. The van der Waals surface area contributed by atoms with Crippen LogP contribution in [0.3, 0.4) is 0 Å². The van der Waals surface area contributed by atoms with Gasteiger partial charge in [0.15, 0.2) is 0 Å². The predicted molar refractivity (Wildman–Crippen MR) is 128 cm³/mol. The van der Waals surface area contributed by atoms with Crippen LogP contribution in [0, 0.1) is 5.82 Å². The lowest BCUT2D eigenvalue weighted by Crippen LogP contribution is -2.45. The molecule has 1 fully saturated rings. The van der Waals surface area contributed by atoms with Crippen molar-refractivity contribution < 1.29 is 31.9 Å². The molecule has 196 valence electrons. The van der Waals surface area contributed by atoms with Crippen LogP contribution in [0.1, 0.15) is 36.0 Å². The molecule has 1 aliphatic heterocycles. The van der Waals surface area contributed by atoms with Gasteiger partial charge in [-0.25, -0.2) is 4.39 Å². The van der Waals surface area contributed by atoms with Crippen LogP contribution in [-0.2, 0) is 34.0 Å². The molecule has 2 aromatic carbocycles. The van der Waals surface area contributed by atoms with E-state index in [1.165, 1.54) is 29.1 Å². The van der Waals surface area contributed by atoms with Crippen LogP contribution >= 0.6 is 0 Å². The number of hydrogen-bond acceptors (Lipinski definition) is 4. The minimum atomic E-state index is -4.63. The van der Waals surface area contributed by atoms with Crippen LogP contribution in [0.15, 0.2) is 48.8 Å². The van der Waals surface area contributed by atoms with Crippen molar-refractivity contribution >= 4 is 17.5 Å². The lowest BCUT2D eigenvalue weighted by Gasteiger charge is -2.29. The Morgan fingerprint density at radius 3 is 2.65 bits per heavy atom. The summed E-state index contributed by atoms with van der Waals surface area (Å²) < 4.78 is 62.2. The summed E-state index contributed by atoms with van der Waals surface area (Å²) in [6, 6.07) is 7.71. The first-order chi connectivity index (χ1) is 17.5. The highest BCUT2D eigenvalue weighted by Gasteiger charge is 2.32. The van der Waals surface area contributed by atoms with Crippen LogP contribution in [0.25, 0.3) is 11.1 Å². The first kappa shape index (κ1) is 26.3. The van der Waals surface area contributed by atoms with Gasteiger partial charge in [-0.3, -0.25) is 14.3 Å². The molecule has 3 aromatic rings. The van der Waals surface area contributed by atoms with E-state index < -0.39 is 29.6 Å². The Labute approximate surface area is 210 Å². The number of rotatable bonds is 7. The number of nitrogens with one attached hydrogen (secondary N) is 2. The number of ether oxygens (including phenoxy) is 1. The standard InChI is InChI=1S/C26H26F4N4O3/c1-3-37-23-9-18(12-31-25(23)36)15-4-5-16(22(27)8-15)10-24(35)33-21-7-17(19-13-32-34(2)14-19)6-20(11-21)26(28,29)30/h4-8,11,13-14,18,23H,3,9-10,12H2,1-2H3,(H,31,36)(H,33,35). The number of benzene rings is 2. The number of alkyl halides is 3. The largest absolute Gasteiger partial charge is 0.416 e. The van der Waals surface area contributed by atoms with E-state index in [1.54, 1.807) is 26.2 Å². The van der Waals surface area contributed by atoms with Gasteiger partial charge in [-0.15, -0.1) is 0 Å². The van der Waals surface area contributed by atoms with Crippen molar-refractivity contribution in [1.82, 2.24) is 15.1 Å². The molecule has 2 atom stereocenters. The molecular weight excluding hydrogens is 492 g/mol. The Kier molecular flexibility index (Phi) is 7.63. The first-order valence-corrected chi connectivity index (χ1v) is 11.7. The third-order valence-corrected chi connectivity index (χ3v) is 6.16. The molecule has 1 aromatic heterocycles. The molecule has 2 unspecified atom stereocenters. The summed E-state index contributed by atoms with van der Waals surface area (Å²) in [6.07, 6.45) is -2.21. The van der Waals surface area contributed by atoms with Gasteiger partial charge < -0.3 is 15.4 Å². The van der Waals surface area contributed by atoms with Crippen LogP contribution < -0.4 is 10.6 Å². The van der Waals surface area contributed by atoms with Gasteiger partial charge in [-0.2, -0.15) is 18.3 Å². The molecule has 2 heterocycles. The molecule has 11 heteroatoms. The Balaban J connectivity index is 1.49. The summed E-state index contributed by atoms with van der Waals surface area (Å²) in [5, 5.41) is 9.19. The number of amides is 2. The molecule has 2 amide bonds. The molecule has 0 bridgehead atoms. The van der Waals surface area contributed by atoms with E-state index in [9.17, 15) is 27.2 Å². The summed E-state index contributed by atoms with van der Waals surface area (Å²) in [5.74, 6) is -1.63. The van der Waals surface area contributed by atoms with E-state index in [4.69, 9.17) is 4.74 Å². The Hall–Kier alpha value is -3.73. The molecule has 1 saturated heterocycles. The fourth-order valence-corrected chi connectivity index (χ4v) is 4.32. The van der Waals surface area contributed by atoms with Gasteiger partial charge in [0.1, 0.15) is 11.9 Å². The highest BCUT2D eigenvalue weighted by molar-refractivity contribution is 5.93. The summed E-state index contributed by atoms with van der Waals surface area (Å²) in [7, 11) is 1.64. The molecule has 4 rings (SSSR count). The van der Waals surface area contributed by atoms with Crippen molar-refractivity contribution in [3.63, 3.8) is 0 Å². The third-order valence-electron chi connectivity index (χ3n) is 6.16. The van der Waals surface area contributed by atoms with Gasteiger partial charge in [0, 0.05) is 43.6 Å². The van der Waals surface area contributed by atoms with Crippen molar-refractivity contribution in [2.45, 2.75) is 38.0 Å². The van der Waals surface area contributed by atoms with Crippen LogP contribution in [0.4, 0.5) is 23.2 Å². The Bertz CT molecular complexity index is 1310. The van der Waals surface area contributed by atoms with Crippen molar-refractivity contribution in [1.29, 1.82) is 0 Å². The average molecular weight is 519 g/mol. The van der Waals surface area contributed by atoms with E-state index in [2.05, 4.69) is 15.7 Å². The van der Waals surface area contributed by atoms with Crippen LogP contribution in [-0.4, -0.2) is 40.9 Å². The zero-order chi connectivity index (χ0) is 26.7. The second-order valence-corrected chi connectivity index (χ2v) is 8.90. The van der Waals surface area contributed by atoms with E-state index >= 15 is 0 Å². The Morgan fingerprint density at radius 2 is 2.00 bits per heavy atom. The Morgan fingerprint density at radius 1 is 1.22 bits per heavy atom. The highest BCUT2D eigenvalue weighted by Crippen LogP contribution is 2.35. The average Bonchev–Trinajstić information content (AvgIpc) is 3.27. The zero-order valence-corrected chi connectivity index (χ0v) is 20.2. The fraction of sp³-hybridized carbons (Fsp3) is 0.346. The maximum Gasteiger partial charge on any atom is 0.416 e. The van der Waals surface area contributed by atoms with Crippen molar-refractivity contribution in [2.24, 2.45) is 7.05 Å². The topological polar surface area (TPSA) is 85.2 Å². The van der Waals surface area contributed by atoms with E-state index in [0.29, 0.717) is 30.7 Å². The summed E-state index contributed by atoms with van der Waals surface area (Å²) in [5.41, 5.74) is 0.461. The number of aromatic nitrogens is 2. The third kappa shape index (κ3) is 6.34. The minimum Gasteiger partial charge on any atom is -0.369 e. The molecule has 1 aliphatic rings. The number of nitrogens with zero attached hydrogens (tertiary/aromatic N) is 2. The van der Waals surface area contributed by atoms with E-state index in [0.717, 1.165) is 12.1 Å². The lowest BCUT2D eigenvalue weighted by atomic mass is 9.89. The van der Waals surface area contributed by atoms with Gasteiger partial charge in [0.25, 0.3) is 0 Å². The zero-order valence-electron chi connectivity index (χ0n) is 20.2. The quantitative estimate of drug-likeness (QED) is 0.453. The van der Waals surface area contributed by atoms with E-state index in [1.807, 2.05) is 0 Å². The highest BCUT2D eigenvalue weighted by atomic mass is 19.4. The van der Waals surface area contributed by atoms with Gasteiger partial charge >= 0.3 is 6.18 Å². The smallest absolute Gasteiger partial charge is 0.369 e. The number of aryl methyl sites for hydroxylation is 1. The molecule has 0 saturated carbocycles. The summed E-state index contributed by atoms with van der Waals surface area (Å²) in [6.45, 7) is 2.51. The summed E-state index contributed by atoms with van der Waals surface area (Å²) >= 11 is 0. The predicted octanol–water partition coefficient (Wildman–Crippen LogP) is 4.43. The first-order valence-electron chi connectivity index (χ1n) is 11.7. The van der Waals surface area contributed by atoms with Crippen LogP contribution in [0.2, 0.25) is 0 Å². The maximum absolute atomic E-state index is 14.9. The lowest BCUT2D eigenvalue weighted by molar-refractivity contribution is -0.137. The number of anilines is 1. The van der Waals surface area contributed by atoms with Gasteiger partial charge in [0.05, 0.1) is 18.2 Å². The molecule has 37 heavy (non-hydrogen) atoms. The molecule has 0 spiro atoms. The number of halogens is 4. The van der Waals surface area contributed by atoms with Gasteiger partial charge in [0.2, 0.25) is 11.8 Å². The minimum absolute atomic E-state index is 0.0596.